The van der Waals surface area contributed by atoms with Crippen LogP contribution in [0.15, 0.2) is 53.4 Å². The maximum Gasteiger partial charge on any atom is 0.243 e. The Morgan fingerprint density at radius 2 is 1.88 bits per heavy atom. The summed E-state index contributed by atoms with van der Waals surface area (Å²) in [5.74, 6) is 0.897. The topological polar surface area (TPSA) is 79.0 Å². The highest BCUT2D eigenvalue weighted by atomic mass is 32.2. The summed E-state index contributed by atoms with van der Waals surface area (Å²) < 4.78 is 29.5. The van der Waals surface area contributed by atoms with E-state index >= 15 is 0 Å². The molecular weight excluding hydrogens is 348 g/mol. The van der Waals surface area contributed by atoms with Gasteiger partial charge in [0.2, 0.25) is 10.0 Å². The molecule has 1 saturated heterocycles. The standard InChI is InChI=1S/C19H18N4O2S/c1-14-21-18-4-2-3-5-19(18)23(14)16-10-11-22(13-16)26(24,25)17-8-6-15(12-20)7-9-17/h2-9,16H,10-11,13H2,1H3/t16-/m1/s1. The normalized spacial score (nSPS) is 18.2. The lowest BCUT2D eigenvalue weighted by Gasteiger charge is -2.18. The first kappa shape index (κ1) is 16.8. The van der Waals surface area contributed by atoms with E-state index in [1.54, 1.807) is 0 Å². The first-order valence-electron chi connectivity index (χ1n) is 8.44. The molecule has 1 fully saturated rings. The van der Waals surface area contributed by atoms with Gasteiger partial charge in [0.1, 0.15) is 5.82 Å². The van der Waals surface area contributed by atoms with Crippen LogP contribution >= 0.6 is 0 Å². The van der Waals surface area contributed by atoms with E-state index in [9.17, 15) is 8.42 Å². The zero-order valence-electron chi connectivity index (χ0n) is 14.3. The third kappa shape index (κ3) is 2.68. The number of nitrogens with zero attached hydrogens (tertiary/aromatic N) is 4. The molecule has 0 spiro atoms. The van der Waals surface area contributed by atoms with Gasteiger partial charge in [-0.1, -0.05) is 12.1 Å². The van der Waals surface area contributed by atoms with Crippen molar-refractivity contribution in [2.75, 3.05) is 13.1 Å². The number of fused-ring (bicyclic) bond motifs is 1. The van der Waals surface area contributed by atoms with E-state index in [1.807, 2.05) is 37.3 Å². The van der Waals surface area contributed by atoms with Gasteiger partial charge in [-0.15, -0.1) is 0 Å². The number of sulfonamides is 1. The van der Waals surface area contributed by atoms with Crippen molar-refractivity contribution >= 4 is 21.1 Å². The molecule has 6 nitrogen and oxygen atoms in total. The highest BCUT2D eigenvalue weighted by Crippen LogP contribution is 2.31. The van der Waals surface area contributed by atoms with Crippen LogP contribution in [0.1, 0.15) is 23.9 Å². The third-order valence-electron chi connectivity index (χ3n) is 4.88. The molecule has 1 aliphatic rings. The molecule has 0 radical (unpaired) electrons. The van der Waals surface area contributed by atoms with Gasteiger partial charge in [0.15, 0.2) is 0 Å². The van der Waals surface area contributed by atoms with E-state index in [1.165, 1.54) is 28.6 Å². The summed E-state index contributed by atoms with van der Waals surface area (Å²) in [6.45, 7) is 2.85. The quantitative estimate of drug-likeness (QED) is 0.714. The van der Waals surface area contributed by atoms with Crippen molar-refractivity contribution in [3.63, 3.8) is 0 Å². The van der Waals surface area contributed by atoms with Gasteiger partial charge in [-0.2, -0.15) is 9.57 Å². The molecule has 1 atom stereocenters. The Labute approximate surface area is 152 Å². The van der Waals surface area contributed by atoms with Gasteiger partial charge in [0.05, 0.1) is 33.6 Å². The van der Waals surface area contributed by atoms with Crippen LogP contribution in [0.2, 0.25) is 0 Å². The lowest BCUT2D eigenvalue weighted by molar-refractivity contribution is 0.452. The fourth-order valence-corrected chi connectivity index (χ4v) is 5.11. The Morgan fingerprint density at radius 3 is 2.62 bits per heavy atom. The number of rotatable bonds is 3. The minimum absolute atomic E-state index is 0.0653. The molecule has 0 bridgehead atoms. The summed E-state index contributed by atoms with van der Waals surface area (Å²) in [7, 11) is -3.56. The fraction of sp³-hybridized carbons (Fsp3) is 0.263. The molecule has 0 N–H and O–H groups in total. The van der Waals surface area contributed by atoms with Crippen LogP contribution in [0.4, 0.5) is 0 Å². The summed E-state index contributed by atoms with van der Waals surface area (Å²) >= 11 is 0. The number of nitriles is 1. The van der Waals surface area contributed by atoms with Crippen LogP contribution in [0.25, 0.3) is 11.0 Å². The molecule has 1 aliphatic heterocycles. The first-order chi connectivity index (χ1) is 12.5. The molecule has 132 valence electrons. The maximum absolute atomic E-state index is 12.9. The number of imidazole rings is 1. The van der Waals surface area contributed by atoms with E-state index in [4.69, 9.17) is 5.26 Å². The SMILES string of the molecule is Cc1nc2ccccc2n1[C@@H]1CCN(S(=O)(=O)c2ccc(C#N)cc2)C1. The smallest absolute Gasteiger partial charge is 0.243 e. The minimum atomic E-state index is -3.56. The summed E-state index contributed by atoms with van der Waals surface area (Å²) in [4.78, 5) is 4.81. The lowest BCUT2D eigenvalue weighted by Crippen LogP contribution is -2.29. The number of para-hydroxylation sites is 2. The predicted molar refractivity (Wildman–Crippen MR) is 98.0 cm³/mol. The minimum Gasteiger partial charge on any atom is -0.324 e. The number of hydrogen-bond donors (Lipinski definition) is 0. The Balaban J connectivity index is 1.63. The van der Waals surface area contributed by atoms with Gasteiger partial charge in [-0.25, -0.2) is 13.4 Å². The summed E-state index contributed by atoms with van der Waals surface area (Å²) in [6, 6.07) is 16.1. The number of aryl methyl sites for hydroxylation is 1. The Hall–Kier alpha value is -2.69. The van der Waals surface area contributed by atoms with Gasteiger partial charge in [0.25, 0.3) is 0 Å². The highest BCUT2D eigenvalue weighted by molar-refractivity contribution is 7.89. The van der Waals surface area contributed by atoms with Crippen LogP contribution in [0.3, 0.4) is 0 Å². The van der Waals surface area contributed by atoms with Crippen LogP contribution in [0.5, 0.6) is 0 Å². The van der Waals surface area contributed by atoms with Gasteiger partial charge in [0, 0.05) is 13.1 Å². The van der Waals surface area contributed by atoms with Crippen molar-refractivity contribution in [2.45, 2.75) is 24.3 Å². The van der Waals surface area contributed by atoms with Crippen molar-refractivity contribution in [1.82, 2.24) is 13.9 Å². The van der Waals surface area contributed by atoms with Crippen molar-refractivity contribution in [1.29, 1.82) is 5.26 Å². The van der Waals surface area contributed by atoms with Crippen molar-refractivity contribution in [2.24, 2.45) is 0 Å². The summed E-state index contributed by atoms with van der Waals surface area (Å²) in [5, 5.41) is 8.88. The van der Waals surface area contributed by atoms with Crippen molar-refractivity contribution in [3.8, 4) is 6.07 Å². The zero-order valence-corrected chi connectivity index (χ0v) is 15.1. The second kappa shape index (κ2) is 6.24. The van der Waals surface area contributed by atoms with Crippen molar-refractivity contribution in [3.05, 3.63) is 59.9 Å². The number of benzene rings is 2. The second-order valence-corrected chi connectivity index (χ2v) is 8.40. The zero-order chi connectivity index (χ0) is 18.3. The first-order valence-corrected chi connectivity index (χ1v) is 9.88. The summed E-state index contributed by atoms with van der Waals surface area (Å²) in [5.41, 5.74) is 2.41. The Morgan fingerprint density at radius 1 is 1.15 bits per heavy atom. The molecule has 0 unspecified atom stereocenters. The van der Waals surface area contributed by atoms with Gasteiger partial charge < -0.3 is 4.57 Å². The van der Waals surface area contributed by atoms with Crippen LogP contribution in [-0.2, 0) is 10.0 Å². The van der Waals surface area contributed by atoms with Crippen molar-refractivity contribution < 1.29 is 8.42 Å². The van der Waals surface area contributed by atoms with Crippen LogP contribution in [0, 0.1) is 18.3 Å². The summed E-state index contributed by atoms with van der Waals surface area (Å²) in [6.07, 6.45) is 0.747. The molecule has 2 aromatic carbocycles. The van der Waals surface area contributed by atoms with E-state index in [2.05, 4.69) is 9.55 Å². The predicted octanol–water partition coefficient (Wildman–Crippen LogP) is 2.85. The fourth-order valence-electron chi connectivity index (χ4n) is 3.62. The van der Waals surface area contributed by atoms with E-state index < -0.39 is 10.0 Å². The van der Waals surface area contributed by atoms with E-state index in [0.29, 0.717) is 18.7 Å². The van der Waals surface area contributed by atoms with Gasteiger partial charge in [-0.3, -0.25) is 0 Å². The molecule has 0 aliphatic carbocycles. The van der Waals surface area contributed by atoms with E-state index in [-0.39, 0.29) is 10.9 Å². The van der Waals surface area contributed by atoms with Gasteiger partial charge >= 0.3 is 0 Å². The third-order valence-corrected chi connectivity index (χ3v) is 6.76. The molecule has 7 heteroatoms. The molecule has 26 heavy (non-hydrogen) atoms. The average molecular weight is 366 g/mol. The van der Waals surface area contributed by atoms with E-state index in [0.717, 1.165) is 23.3 Å². The Kier molecular flexibility index (Phi) is 4.02. The molecule has 4 rings (SSSR count). The molecule has 1 aromatic heterocycles. The average Bonchev–Trinajstić information content (AvgIpc) is 3.25. The van der Waals surface area contributed by atoms with Crippen LogP contribution in [-0.4, -0.2) is 35.4 Å². The maximum atomic E-state index is 12.9. The molecule has 2 heterocycles. The lowest BCUT2D eigenvalue weighted by atomic mass is 10.2. The van der Waals surface area contributed by atoms with Crippen LogP contribution < -0.4 is 0 Å². The largest absolute Gasteiger partial charge is 0.324 e. The number of hydrogen-bond acceptors (Lipinski definition) is 4. The Bertz CT molecular complexity index is 1110. The molecule has 0 saturated carbocycles. The molecule has 3 aromatic rings. The molecular formula is C19H18N4O2S. The van der Waals surface area contributed by atoms with Gasteiger partial charge in [-0.05, 0) is 49.7 Å². The second-order valence-electron chi connectivity index (χ2n) is 6.46. The molecule has 0 amide bonds. The highest BCUT2D eigenvalue weighted by Gasteiger charge is 2.34. The number of aromatic nitrogens is 2. The monoisotopic (exact) mass is 366 g/mol.